The SMILES string of the molecule is CCCCCC(C)OC(=O)c1c[nH]c2cc(C#Cc3cccc(OC)c3OC)cc(Cc3cnc(N)nc3N)c2c1=O. The highest BCUT2D eigenvalue weighted by atomic mass is 16.5. The van der Waals surface area contributed by atoms with Crippen LogP contribution in [0.15, 0.2) is 47.5 Å². The van der Waals surface area contributed by atoms with Crippen LogP contribution in [0.1, 0.15) is 72.1 Å². The van der Waals surface area contributed by atoms with Crippen molar-refractivity contribution in [3.05, 3.63) is 80.8 Å². The van der Waals surface area contributed by atoms with Crippen LogP contribution in [0, 0.1) is 11.8 Å². The Bertz CT molecular complexity index is 1720. The highest BCUT2D eigenvalue weighted by molar-refractivity contribution is 5.95. The largest absolute Gasteiger partial charge is 0.493 e. The maximum absolute atomic E-state index is 13.7. The molecule has 42 heavy (non-hydrogen) atoms. The van der Waals surface area contributed by atoms with Crippen LogP contribution in [0.3, 0.4) is 0 Å². The van der Waals surface area contributed by atoms with Crippen LogP contribution >= 0.6 is 0 Å². The molecule has 1 atom stereocenters. The summed E-state index contributed by atoms with van der Waals surface area (Å²) >= 11 is 0. The highest BCUT2D eigenvalue weighted by Crippen LogP contribution is 2.30. The lowest BCUT2D eigenvalue weighted by Gasteiger charge is -2.14. The van der Waals surface area contributed by atoms with Gasteiger partial charge in [0.1, 0.15) is 11.4 Å². The van der Waals surface area contributed by atoms with Crippen molar-refractivity contribution >= 4 is 28.6 Å². The van der Waals surface area contributed by atoms with Gasteiger partial charge < -0.3 is 30.7 Å². The molecule has 2 heterocycles. The number of ether oxygens (including phenoxy) is 3. The summed E-state index contributed by atoms with van der Waals surface area (Å²) < 4.78 is 16.5. The number of hydrogen-bond acceptors (Lipinski definition) is 9. The van der Waals surface area contributed by atoms with Crippen molar-refractivity contribution in [2.45, 2.75) is 52.1 Å². The van der Waals surface area contributed by atoms with Gasteiger partial charge in [0.2, 0.25) is 11.4 Å². The molecule has 2 aromatic heterocycles. The molecule has 5 N–H and O–H groups in total. The van der Waals surface area contributed by atoms with Crippen LogP contribution < -0.4 is 26.4 Å². The molecule has 0 aliphatic rings. The van der Waals surface area contributed by atoms with Crippen molar-refractivity contribution in [3.8, 4) is 23.3 Å². The highest BCUT2D eigenvalue weighted by Gasteiger charge is 2.20. The molecule has 0 saturated carbocycles. The third-order valence-electron chi connectivity index (χ3n) is 6.85. The summed E-state index contributed by atoms with van der Waals surface area (Å²) in [5.74, 6) is 6.93. The van der Waals surface area contributed by atoms with Gasteiger partial charge >= 0.3 is 5.97 Å². The Hall–Kier alpha value is -5.04. The summed E-state index contributed by atoms with van der Waals surface area (Å²) in [7, 11) is 3.11. The molecular weight excluding hydrogens is 534 g/mol. The Morgan fingerprint density at radius 1 is 1.10 bits per heavy atom. The van der Waals surface area contributed by atoms with Crippen LogP contribution in [0.25, 0.3) is 10.9 Å². The Morgan fingerprint density at radius 2 is 1.90 bits per heavy atom. The van der Waals surface area contributed by atoms with Crippen LogP contribution in [-0.2, 0) is 11.2 Å². The zero-order valence-corrected chi connectivity index (χ0v) is 24.2. The first kappa shape index (κ1) is 29.9. The minimum Gasteiger partial charge on any atom is -0.493 e. The number of para-hydroxylation sites is 1. The van der Waals surface area contributed by atoms with Crippen LogP contribution in [0.5, 0.6) is 11.5 Å². The van der Waals surface area contributed by atoms with Crippen LogP contribution in [0.4, 0.5) is 11.8 Å². The van der Waals surface area contributed by atoms with E-state index in [4.69, 9.17) is 25.7 Å². The summed E-state index contributed by atoms with van der Waals surface area (Å²) in [6.45, 7) is 3.94. The molecule has 0 spiro atoms. The molecule has 218 valence electrons. The van der Waals surface area contributed by atoms with E-state index >= 15 is 0 Å². The molecule has 4 aromatic rings. The molecule has 10 nitrogen and oxygen atoms in total. The van der Waals surface area contributed by atoms with E-state index in [0.717, 1.165) is 25.7 Å². The quantitative estimate of drug-likeness (QED) is 0.141. The number of nitrogens with two attached hydrogens (primary N) is 2. The maximum Gasteiger partial charge on any atom is 0.343 e. The van der Waals surface area contributed by atoms with Gasteiger partial charge in [-0.1, -0.05) is 37.7 Å². The van der Waals surface area contributed by atoms with Gasteiger partial charge in [0, 0.05) is 35.3 Å². The number of carbonyl (C=O) groups is 1. The number of carbonyl (C=O) groups excluding carboxylic acids is 1. The monoisotopic (exact) mass is 569 g/mol. The second kappa shape index (κ2) is 13.5. The van der Waals surface area contributed by atoms with Gasteiger partial charge in [-0.05, 0) is 49.6 Å². The first-order valence-electron chi connectivity index (χ1n) is 13.7. The van der Waals surface area contributed by atoms with Crippen molar-refractivity contribution in [2.75, 3.05) is 25.7 Å². The molecule has 4 rings (SSSR count). The average Bonchev–Trinajstić information content (AvgIpc) is 2.97. The minimum atomic E-state index is -0.669. The number of benzene rings is 2. The minimum absolute atomic E-state index is 0.0453. The number of nitrogens with zero attached hydrogens (tertiary/aromatic N) is 2. The average molecular weight is 570 g/mol. The van der Waals surface area contributed by atoms with Crippen molar-refractivity contribution in [1.29, 1.82) is 0 Å². The number of esters is 1. The molecule has 0 aliphatic carbocycles. The Balaban J connectivity index is 1.80. The summed E-state index contributed by atoms with van der Waals surface area (Å²) in [5, 5.41) is 0.323. The maximum atomic E-state index is 13.7. The van der Waals surface area contributed by atoms with E-state index in [1.165, 1.54) is 12.4 Å². The first-order valence-corrected chi connectivity index (χ1v) is 13.7. The van der Waals surface area contributed by atoms with E-state index in [1.54, 1.807) is 32.4 Å². The summed E-state index contributed by atoms with van der Waals surface area (Å²) in [4.78, 5) is 37.9. The van der Waals surface area contributed by atoms with E-state index in [0.29, 0.717) is 44.7 Å². The Labute approximate surface area is 244 Å². The smallest absolute Gasteiger partial charge is 0.343 e. The fraction of sp³-hybridized carbons (Fsp3) is 0.312. The third kappa shape index (κ3) is 6.81. The number of aromatic nitrogens is 3. The topological polar surface area (TPSA) is 155 Å². The number of hydrogen-bond donors (Lipinski definition) is 3. The number of unbranched alkanes of at least 4 members (excludes halogenated alkanes) is 2. The van der Waals surface area contributed by atoms with Gasteiger partial charge in [-0.2, -0.15) is 4.98 Å². The van der Waals surface area contributed by atoms with Crippen molar-refractivity contribution < 1.29 is 19.0 Å². The van der Waals surface area contributed by atoms with Crippen molar-refractivity contribution in [1.82, 2.24) is 15.0 Å². The predicted molar refractivity (Wildman–Crippen MR) is 163 cm³/mol. The number of H-pyrrole nitrogens is 1. The summed E-state index contributed by atoms with van der Waals surface area (Å²) in [6, 6.07) is 8.98. The lowest BCUT2D eigenvalue weighted by atomic mass is 9.97. The van der Waals surface area contributed by atoms with Crippen molar-refractivity contribution in [3.63, 3.8) is 0 Å². The molecule has 0 radical (unpaired) electrons. The molecule has 0 amide bonds. The molecule has 10 heteroatoms. The summed E-state index contributed by atoms with van der Waals surface area (Å²) in [6.07, 6.45) is 6.59. The molecule has 0 aliphatic heterocycles. The lowest BCUT2D eigenvalue weighted by Crippen LogP contribution is -2.23. The zero-order valence-electron chi connectivity index (χ0n) is 24.2. The number of anilines is 2. The van der Waals surface area contributed by atoms with Crippen LogP contribution in [0.2, 0.25) is 0 Å². The number of methoxy groups -OCH3 is 2. The molecule has 0 saturated heterocycles. The Morgan fingerprint density at radius 3 is 2.62 bits per heavy atom. The fourth-order valence-corrected chi connectivity index (χ4v) is 4.69. The number of rotatable bonds is 10. The predicted octanol–water partition coefficient (Wildman–Crippen LogP) is 4.62. The number of nitrogens with one attached hydrogen (secondary N) is 1. The molecule has 0 bridgehead atoms. The number of pyridine rings is 1. The van der Waals surface area contributed by atoms with Gasteiger partial charge in [-0.25, -0.2) is 9.78 Å². The summed E-state index contributed by atoms with van der Waals surface area (Å²) in [5.41, 5.74) is 14.2. The number of fused-ring (bicyclic) bond motifs is 1. The molecule has 1 unspecified atom stereocenters. The normalized spacial score (nSPS) is 11.4. The van der Waals surface area contributed by atoms with E-state index in [9.17, 15) is 9.59 Å². The standard InChI is InChI=1S/C32H35N5O5/c1-5-6-7-9-19(2)42-31(39)24-18-35-25-15-20(12-13-21-10-8-11-26(40-3)29(21)41-4)14-22(27(25)28(24)38)16-23-17-36-32(34)37-30(23)33/h8,10-11,14-15,17-19H,5-7,9,16H2,1-4H3,(H,35,38)(H4,33,34,36,37). The molecular formula is C32H35N5O5. The van der Waals surface area contributed by atoms with E-state index in [1.807, 2.05) is 19.1 Å². The van der Waals surface area contributed by atoms with Gasteiger partial charge in [0.25, 0.3) is 0 Å². The van der Waals surface area contributed by atoms with Crippen LogP contribution in [-0.4, -0.2) is 41.2 Å². The molecule has 2 aromatic carbocycles. The van der Waals surface area contributed by atoms with E-state index < -0.39 is 11.4 Å². The lowest BCUT2D eigenvalue weighted by molar-refractivity contribution is 0.0318. The fourth-order valence-electron chi connectivity index (χ4n) is 4.69. The van der Waals surface area contributed by atoms with Gasteiger partial charge in [-0.15, -0.1) is 0 Å². The van der Waals surface area contributed by atoms with E-state index in [-0.39, 0.29) is 29.9 Å². The zero-order chi connectivity index (χ0) is 30.2. The number of nitrogen functional groups attached to an aromatic ring is 2. The van der Waals surface area contributed by atoms with Gasteiger partial charge in [-0.3, -0.25) is 4.79 Å². The Kier molecular flexibility index (Phi) is 9.65. The number of aromatic amines is 1. The van der Waals surface area contributed by atoms with Gasteiger partial charge in [0.05, 0.1) is 31.4 Å². The second-order valence-corrected chi connectivity index (χ2v) is 9.91. The van der Waals surface area contributed by atoms with Crippen molar-refractivity contribution in [2.24, 2.45) is 0 Å². The first-order chi connectivity index (χ1) is 20.2. The van der Waals surface area contributed by atoms with Gasteiger partial charge in [0.15, 0.2) is 11.5 Å². The molecule has 0 fully saturated rings. The third-order valence-corrected chi connectivity index (χ3v) is 6.85. The van der Waals surface area contributed by atoms with E-state index in [2.05, 4.69) is 33.7 Å². The second-order valence-electron chi connectivity index (χ2n) is 9.91.